The normalized spacial score (nSPS) is 13.7. The number of fused-ring (bicyclic) bond motifs is 1. The van der Waals surface area contributed by atoms with Crippen LogP contribution in [0.25, 0.3) is 11.6 Å². The van der Waals surface area contributed by atoms with Gasteiger partial charge in [0, 0.05) is 28.0 Å². The van der Waals surface area contributed by atoms with Crippen molar-refractivity contribution in [2.45, 2.75) is 6.61 Å². The summed E-state index contributed by atoms with van der Waals surface area (Å²) in [4.78, 5) is 12.4. The van der Waals surface area contributed by atoms with E-state index in [1.165, 1.54) is 0 Å². The van der Waals surface area contributed by atoms with Crippen LogP contribution in [0.5, 0.6) is 5.75 Å². The standard InChI is InChI=1S/C23H16N2O2/c24-14-17-8-1-2-9-18(17)15-27-22-12-6-3-7-16(22)13-20-19-10-4-5-11-21(19)25-23(20)26/h1-13H,15H2,(H,25,26)/b20-13-. The molecule has 4 nitrogen and oxygen atoms in total. The molecule has 1 heterocycles. The number of nitriles is 1. The minimum Gasteiger partial charge on any atom is -0.488 e. The van der Waals surface area contributed by atoms with Crippen molar-refractivity contribution in [1.82, 2.24) is 0 Å². The SMILES string of the molecule is N#Cc1ccccc1COc1ccccc1/C=C1\C(=O)Nc2ccccc21. The monoisotopic (exact) mass is 352 g/mol. The third-order valence-electron chi connectivity index (χ3n) is 4.45. The van der Waals surface area contributed by atoms with Gasteiger partial charge in [0.25, 0.3) is 5.91 Å². The number of nitrogens with zero attached hydrogens (tertiary/aromatic N) is 1. The van der Waals surface area contributed by atoms with E-state index in [9.17, 15) is 10.1 Å². The molecule has 0 fully saturated rings. The third kappa shape index (κ3) is 3.31. The number of carbonyl (C=O) groups is 1. The highest BCUT2D eigenvalue weighted by Gasteiger charge is 2.23. The Hall–Kier alpha value is -3.84. The smallest absolute Gasteiger partial charge is 0.256 e. The van der Waals surface area contributed by atoms with Gasteiger partial charge >= 0.3 is 0 Å². The van der Waals surface area contributed by atoms with E-state index in [1.807, 2.05) is 72.8 Å². The number of ether oxygens (including phenoxy) is 1. The second kappa shape index (κ2) is 7.19. The predicted octanol–water partition coefficient (Wildman–Crippen LogP) is 4.63. The van der Waals surface area contributed by atoms with Crippen LogP contribution in [-0.4, -0.2) is 5.91 Å². The molecule has 0 bridgehead atoms. The van der Waals surface area contributed by atoms with Gasteiger partial charge in [-0.15, -0.1) is 0 Å². The molecule has 3 aromatic rings. The molecule has 1 N–H and O–H groups in total. The molecule has 130 valence electrons. The van der Waals surface area contributed by atoms with Crippen molar-refractivity contribution in [3.05, 3.63) is 95.1 Å². The van der Waals surface area contributed by atoms with Gasteiger partial charge in [-0.2, -0.15) is 5.26 Å². The molecule has 0 unspecified atom stereocenters. The van der Waals surface area contributed by atoms with Crippen LogP contribution in [0.4, 0.5) is 5.69 Å². The fourth-order valence-corrected chi connectivity index (χ4v) is 3.08. The van der Waals surface area contributed by atoms with Crippen molar-refractivity contribution in [2.75, 3.05) is 5.32 Å². The second-order valence-corrected chi connectivity index (χ2v) is 6.15. The summed E-state index contributed by atoms with van der Waals surface area (Å²) in [5.74, 6) is 0.538. The fraction of sp³-hybridized carbons (Fsp3) is 0.0435. The number of rotatable bonds is 4. The number of amides is 1. The molecule has 0 saturated carbocycles. The second-order valence-electron chi connectivity index (χ2n) is 6.15. The Morgan fingerprint density at radius 2 is 1.70 bits per heavy atom. The van der Waals surface area contributed by atoms with Gasteiger partial charge in [0.1, 0.15) is 12.4 Å². The van der Waals surface area contributed by atoms with E-state index >= 15 is 0 Å². The van der Waals surface area contributed by atoms with Gasteiger partial charge in [0.05, 0.1) is 11.6 Å². The Bertz CT molecular complexity index is 1090. The van der Waals surface area contributed by atoms with Crippen LogP contribution in [0.2, 0.25) is 0 Å². The first-order chi connectivity index (χ1) is 13.3. The molecule has 0 aliphatic carbocycles. The molecule has 1 amide bonds. The minimum absolute atomic E-state index is 0.124. The molecule has 4 rings (SSSR count). The summed E-state index contributed by atoms with van der Waals surface area (Å²) in [5, 5.41) is 12.1. The van der Waals surface area contributed by atoms with Crippen molar-refractivity contribution >= 4 is 23.2 Å². The minimum atomic E-state index is -0.124. The highest BCUT2D eigenvalue weighted by atomic mass is 16.5. The van der Waals surface area contributed by atoms with Crippen molar-refractivity contribution in [1.29, 1.82) is 5.26 Å². The van der Waals surface area contributed by atoms with Gasteiger partial charge in [-0.25, -0.2) is 0 Å². The molecule has 1 aliphatic heterocycles. The lowest BCUT2D eigenvalue weighted by Crippen LogP contribution is -2.04. The highest BCUT2D eigenvalue weighted by Crippen LogP contribution is 2.34. The van der Waals surface area contributed by atoms with Crippen molar-refractivity contribution in [2.24, 2.45) is 0 Å². The molecule has 0 aromatic heterocycles. The van der Waals surface area contributed by atoms with Gasteiger partial charge in [-0.05, 0) is 24.3 Å². The number of para-hydroxylation sites is 2. The Kier molecular flexibility index (Phi) is 4.42. The first-order valence-electron chi connectivity index (χ1n) is 8.58. The third-order valence-corrected chi connectivity index (χ3v) is 4.45. The van der Waals surface area contributed by atoms with Crippen molar-refractivity contribution < 1.29 is 9.53 Å². The zero-order chi connectivity index (χ0) is 18.6. The van der Waals surface area contributed by atoms with Crippen LogP contribution in [-0.2, 0) is 11.4 Å². The lowest BCUT2D eigenvalue weighted by molar-refractivity contribution is -0.110. The molecule has 0 atom stereocenters. The van der Waals surface area contributed by atoms with Crippen LogP contribution in [0, 0.1) is 11.3 Å². The zero-order valence-electron chi connectivity index (χ0n) is 14.5. The number of hydrogen-bond donors (Lipinski definition) is 1. The Labute approximate surface area is 157 Å². The lowest BCUT2D eigenvalue weighted by Gasteiger charge is -2.10. The van der Waals surface area contributed by atoms with Crippen molar-refractivity contribution in [3.63, 3.8) is 0 Å². The zero-order valence-corrected chi connectivity index (χ0v) is 14.5. The summed E-state index contributed by atoms with van der Waals surface area (Å²) in [6, 6.07) is 24.7. The molecule has 27 heavy (non-hydrogen) atoms. The van der Waals surface area contributed by atoms with E-state index in [0.29, 0.717) is 16.9 Å². The van der Waals surface area contributed by atoms with E-state index < -0.39 is 0 Å². The van der Waals surface area contributed by atoms with E-state index in [4.69, 9.17) is 4.74 Å². The summed E-state index contributed by atoms with van der Waals surface area (Å²) in [7, 11) is 0. The van der Waals surface area contributed by atoms with Gasteiger partial charge in [-0.3, -0.25) is 4.79 Å². The van der Waals surface area contributed by atoms with Crippen LogP contribution < -0.4 is 10.1 Å². The summed E-state index contributed by atoms with van der Waals surface area (Å²) in [6.45, 7) is 0.284. The Balaban J connectivity index is 1.65. The van der Waals surface area contributed by atoms with Gasteiger partial charge in [0.2, 0.25) is 0 Å². The van der Waals surface area contributed by atoms with Gasteiger partial charge < -0.3 is 10.1 Å². The summed E-state index contributed by atoms with van der Waals surface area (Å²) in [5.41, 5.74) is 4.54. The maximum Gasteiger partial charge on any atom is 0.256 e. The number of benzene rings is 3. The molecule has 4 heteroatoms. The van der Waals surface area contributed by atoms with Crippen LogP contribution >= 0.6 is 0 Å². The number of carbonyl (C=O) groups excluding carboxylic acids is 1. The molecule has 1 aliphatic rings. The molecule has 0 saturated heterocycles. The largest absolute Gasteiger partial charge is 0.488 e. The highest BCUT2D eigenvalue weighted by molar-refractivity contribution is 6.35. The first-order valence-corrected chi connectivity index (χ1v) is 8.58. The summed E-state index contributed by atoms with van der Waals surface area (Å²) in [6.07, 6.45) is 1.84. The predicted molar refractivity (Wildman–Crippen MR) is 105 cm³/mol. The molecule has 3 aromatic carbocycles. The van der Waals surface area contributed by atoms with E-state index in [0.717, 1.165) is 22.4 Å². The average molecular weight is 352 g/mol. The van der Waals surface area contributed by atoms with Gasteiger partial charge in [-0.1, -0.05) is 54.6 Å². The van der Waals surface area contributed by atoms with Crippen molar-refractivity contribution in [3.8, 4) is 11.8 Å². The Morgan fingerprint density at radius 3 is 2.59 bits per heavy atom. The van der Waals surface area contributed by atoms with E-state index in [-0.39, 0.29) is 12.5 Å². The maximum atomic E-state index is 12.4. The van der Waals surface area contributed by atoms with E-state index in [2.05, 4.69) is 11.4 Å². The molecule has 0 radical (unpaired) electrons. The topological polar surface area (TPSA) is 62.1 Å². The summed E-state index contributed by atoms with van der Waals surface area (Å²) >= 11 is 0. The van der Waals surface area contributed by atoms with E-state index in [1.54, 1.807) is 6.07 Å². The van der Waals surface area contributed by atoms with Crippen LogP contribution in [0.1, 0.15) is 22.3 Å². The van der Waals surface area contributed by atoms with Gasteiger partial charge in [0.15, 0.2) is 0 Å². The quantitative estimate of drug-likeness (QED) is 0.696. The number of anilines is 1. The number of hydrogen-bond acceptors (Lipinski definition) is 3. The average Bonchev–Trinajstić information content (AvgIpc) is 3.03. The summed E-state index contributed by atoms with van der Waals surface area (Å²) < 4.78 is 5.97. The lowest BCUT2D eigenvalue weighted by atomic mass is 10.0. The molecular formula is C23H16N2O2. The molecule has 0 spiro atoms. The first kappa shape index (κ1) is 16.6. The van der Waals surface area contributed by atoms with Crippen LogP contribution in [0.3, 0.4) is 0 Å². The maximum absolute atomic E-state index is 12.4. The Morgan fingerprint density at radius 1 is 0.963 bits per heavy atom. The fourth-order valence-electron chi connectivity index (χ4n) is 3.08. The molecular weight excluding hydrogens is 336 g/mol. The number of nitrogens with one attached hydrogen (secondary N) is 1. The van der Waals surface area contributed by atoms with Crippen LogP contribution in [0.15, 0.2) is 72.8 Å².